The van der Waals surface area contributed by atoms with Gasteiger partial charge in [-0.25, -0.2) is 4.79 Å². The molecule has 1 atom stereocenters. The zero-order valence-corrected chi connectivity index (χ0v) is 17.0. The van der Waals surface area contributed by atoms with Gasteiger partial charge in [0.25, 0.3) is 5.91 Å². The van der Waals surface area contributed by atoms with Gasteiger partial charge in [-0.15, -0.1) is 0 Å². The maximum absolute atomic E-state index is 12.9. The van der Waals surface area contributed by atoms with Crippen molar-refractivity contribution in [3.63, 3.8) is 0 Å². The highest BCUT2D eigenvalue weighted by Gasteiger charge is 2.33. The monoisotopic (exact) mass is 420 g/mol. The molecule has 10 nitrogen and oxygen atoms in total. The predicted molar refractivity (Wildman–Crippen MR) is 109 cm³/mol. The van der Waals surface area contributed by atoms with E-state index in [1.807, 2.05) is 0 Å². The summed E-state index contributed by atoms with van der Waals surface area (Å²) >= 11 is 0. The molecule has 0 saturated carbocycles. The number of nitrogens with one attached hydrogen (secondary N) is 1. The van der Waals surface area contributed by atoms with Crippen molar-refractivity contribution in [3.8, 4) is 0 Å². The minimum absolute atomic E-state index is 0.132. The Balaban J connectivity index is 2.10. The molecule has 10 heteroatoms. The maximum Gasteiger partial charge on any atom is 0.340 e. The van der Waals surface area contributed by atoms with Crippen molar-refractivity contribution in [2.75, 3.05) is 39.9 Å². The Morgan fingerprint density at radius 2 is 1.97 bits per heavy atom. The Labute approximate surface area is 175 Å². The van der Waals surface area contributed by atoms with Gasteiger partial charge in [0, 0.05) is 19.2 Å². The molecule has 164 valence electrons. The van der Waals surface area contributed by atoms with E-state index in [-0.39, 0.29) is 19.3 Å². The summed E-state index contributed by atoms with van der Waals surface area (Å²) in [5, 5.41) is 16.1. The second-order valence-electron chi connectivity index (χ2n) is 6.89. The molecule has 1 heterocycles. The normalized spacial score (nSPS) is 15.8. The quantitative estimate of drug-likeness (QED) is 0.194. The molecule has 1 aromatic rings. The molecule has 1 aromatic carbocycles. The summed E-state index contributed by atoms with van der Waals surface area (Å²) < 4.78 is 10.6. The van der Waals surface area contributed by atoms with E-state index in [1.54, 1.807) is 24.3 Å². The first kappa shape index (κ1) is 23.5. The summed E-state index contributed by atoms with van der Waals surface area (Å²) in [6.45, 7) is 1.34. The Bertz CT molecular complexity index is 746. The number of Topliss-reactive ketones (excluding diaryl/α,β-unsaturated/α-hetero) is 1. The summed E-state index contributed by atoms with van der Waals surface area (Å²) in [6.07, 6.45) is 0.768. The Morgan fingerprint density at radius 1 is 1.30 bits per heavy atom. The third-order valence-corrected chi connectivity index (χ3v) is 4.71. The van der Waals surface area contributed by atoms with Crippen LogP contribution in [0.3, 0.4) is 0 Å². The SMILES string of the molecule is COCCN(CC(=O)C(OC1CCNCC1)C(=O)O)C(=O)c1ccc(C=NN)cc1. The van der Waals surface area contributed by atoms with Crippen molar-refractivity contribution >= 4 is 23.9 Å². The highest BCUT2D eigenvalue weighted by Crippen LogP contribution is 2.13. The number of piperidine rings is 1. The number of carbonyl (C=O) groups is 3. The third kappa shape index (κ3) is 6.90. The van der Waals surface area contributed by atoms with Gasteiger partial charge in [-0.1, -0.05) is 12.1 Å². The number of methoxy groups -OCH3 is 1. The van der Waals surface area contributed by atoms with Crippen molar-refractivity contribution in [1.82, 2.24) is 10.2 Å². The number of nitrogens with two attached hydrogens (primary N) is 1. The van der Waals surface area contributed by atoms with Crippen molar-refractivity contribution in [2.45, 2.75) is 25.0 Å². The van der Waals surface area contributed by atoms with Crippen molar-refractivity contribution in [3.05, 3.63) is 35.4 Å². The van der Waals surface area contributed by atoms with Crippen LogP contribution in [0, 0.1) is 0 Å². The van der Waals surface area contributed by atoms with Crippen LogP contribution < -0.4 is 11.2 Å². The molecule has 1 fully saturated rings. The molecular weight excluding hydrogens is 392 g/mol. The number of carbonyl (C=O) groups excluding carboxylic acids is 2. The van der Waals surface area contributed by atoms with Gasteiger partial charge in [0.15, 0.2) is 5.78 Å². The minimum atomic E-state index is -1.62. The topological polar surface area (TPSA) is 144 Å². The average Bonchev–Trinajstić information content (AvgIpc) is 2.75. The molecule has 1 aliphatic heterocycles. The van der Waals surface area contributed by atoms with Gasteiger partial charge in [0.05, 0.1) is 25.5 Å². The van der Waals surface area contributed by atoms with Crippen LogP contribution in [0.25, 0.3) is 0 Å². The van der Waals surface area contributed by atoms with E-state index in [9.17, 15) is 19.5 Å². The van der Waals surface area contributed by atoms with E-state index in [1.165, 1.54) is 18.2 Å². The van der Waals surface area contributed by atoms with E-state index in [0.29, 0.717) is 31.5 Å². The lowest BCUT2D eigenvalue weighted by molar-refractivity contribution is -0.161. The Kier molecular flexibility index (Phi) is 9.39. The summed E-state index contributed by atoms with van der Waals surface area (Å²) in [5.74, 6) is 2.66. The molecule has 1 saturated heterocycles. The fourth-order valence-electron chi connectivity index (χ4n) is 3.10. The van der Waals surface area contributed by atoms with Gasteiger partial charge >= 0.3 is 5.97 Å². The lowest BCUT2D eigenvalue weighted by atomic mass is 10.1. The number of hydrogen-bond acceptors (Lipinski definition) is 8. The smallest absolute Gasteiger partial charge is 0.340 e. The Morgan fingerprint density at radius 3 is 2.53 bits per heavy atom. The molecule has 0 bridgehead atoms. The Hall–Kier alpha value is -2.82. The summed E-state index contributed by atoms with van der Waals surface area (Å²) in [6, 6.07) is 6.51. The molecule has 0 spiro atoms. The summed E-state index contributed by atoms with van der Waals surface area (Å²) in [5.41, 5.74) is 1.06. The first-order chi connectivity index (χ1) is 14.5. The highest BCUT2D eigenvalue weighted by atomic mass is 16.5. The number of aliphatic carboxylic acids is 1. The van der Waals surface area contributed by atoms with Crippen molar-refractivity contribution in [2.24, 2.45) is 10.9 Å². The number of carboxylic acids is 1. The number of hydrazone groups is 1. The molecule has 0 radical (unpaired) electrons. The van der Waals surface area contributed by atoms with Crippen LogP contribution in [0.15, 0.2) is 29.4 Å². The first-order valence-corrected chi connectivity index (χ1v) is 9.69. The van der Waals surface area contributed by atoms with Crippen LogP contribution in [-0.4, -0.2) is 86.0 Å². The summed E-state index contributed by atoms with van der Waals surface area (Å²) in [4.78, 5) is 38.5. The van der Waals surface area contributed by atoms with E-state index in [0.717, 1.165) is 5.56 Å². The standard InChI is InChI=1S/C20H28N4O6/c1-29-11-10-24(19(26)15-4-2-14(3-5-15)12-23-21)13-17(25)18(20(27)28)30-16-6-8-22-9-7-16/h2-5,12,16,18,22H,6-11,13,21H2,1H3,(H,27,28). The number of amides is 1. The van der Waals surface area contributed by atoms with Crippen molar-refractivity contribution in [1.29, 1.82) is 0 Å². The van der Waals surface area contributed by atoms with Crippen LogP contribution in [-0.2, 0) is 19.1 Å². The molecular formula is C20H28N4O6. The average molecular weight is 420 g/mol. The van der Waals surface area contributed by atoms with Crippen LogP contribution in [0.4, 0.5) is 0 Å². The second-order valence-corrected chi connectivity index (χ2v) is 6.89. The molecule has 1 unspecified atom stereocenters. The van der Waals surface area contributed by atoms with Crippen molar-refractivity contribution < 1.29 is 29.0 Å². The first-order valence-electron chi connectivity index (χ1n) is 9.69. The van der Waals surface area contributed by atoms with Crippen LogP contribution >= 0.6 is 0 Å². The van der Waals surface area contributed by atoms with Crippen LogP contribution in [0.1, 0.15) is 28.8 Å². The molecule has 1 amide bonds. The van der Waals surface area contributed by atoms with E-state index < -0.39 is 30.3 Å². The van der Waals surface area contributed by atoms with Gasteiger partial charge in [-0.2, -0.15) is 5.10 Å². The van der Waals surface area contributed by atoms with Gasteiger partial charge in [-0.05, 0) is 43.6 Å². The predicted octanol–water partition coefficient (Wildman–Crippen LogP) is -0.141. The maximum atomic E-state index is 12.9. The molecule has 30 heavy (non-hydrogen) atoms. The van der Waals surface area contributed by atoms with Gasteiger partial charge in [0.1, 0.15) is 0 Å². The molecule has 0 aromatic heterocycles. The number of hydrogen-bond donors (Lipinski definition) is 3. The number of ketones is 1. The number of rotatable bonds is 11. The van der Waals surface area contributed by atoms with Gasteiger partial charge in [0.2, 0.25) is 6.10 Å². The molecule has 1 aliphatic rings. The molecule has 2 rings (SSSR count). The van der Waals surface area contributed by atoms with Crippen LogP contribution in [0.2, 0.25) is 0 Å². The van der Waals surface area contributed by atoms with E-state index in [4.69, 9.17) is 15.3 Å². The van der Waals surface area contributed by atoms with Crippen LogP contribution in [0.5, 0.6) is 0 Å². The number of benzene rings is 1. The van der Waals surface area contributed by atoms with Gasteiger partial charge < -0.3 is 30.6 Å². The third-order valence-electron chi connectivity index (χ3n) is 4.71. The zero-order valence-electron chi connectivity index (χ0n) is 17.0. The number of nitrogens with zero attached hydrogens (tertiary/aromatic N) is 2. The zero-order chi connectivity index (χ0) is 21.9. The number of carboxylic acid groups (broad SMARTS) is 1. The molecule has 0 aliphatic carbocycles. The van der Waals surface area contributed by atoms with E-state index in [2.05, 4.69) is 10.4 Å². The highest BCUT2D eigenvalue weighted by molar-refractivity contribution is 6.04. The molecule has 4 N–H and O–H groups in total. The van der Waals surface area contributed by atoms with Gasteiger partial charge in [-0.3, -0.25) is 9.59 Å². The summed E-state index contributed by atoms with van der Waals surface area (Å²) in [7, 11) is 1.48. The largest absolute Gasteiger partial charge is 0.479 e. The lowest BCUT2D eigenvalue weighted by Crippen LogP contribution is -2.46. The fraction of sp³-hybridized carbons (Fsp3) is 0.500. The fourth-order valence-corrected chi connectivity index (χ4v) is 3.10. The second kappa shape index (κ2) is 12.0. The van der Waals surface area contributed by atoms with E-state index >= 15 is 0 Å². The minimum Gasteiger partial charge on any atom is -0.479 e. The number of ether oxygens (including phenoxy) is 2. The lowest BCUT2D eigenvalue weighted by Gasteiger charge is -2.27.